The molecule has 0 aromatic rings. The topological polar surface area (TPSA) is 101 Å². The molecular formula is C14H22F2O6S. The summed E-state index contributed by atoms with van der Waals surface area (Å²) in [7, 11) is -5.84. The fourth-order valence-electron chi connectivity index (χ4n) is 3.35. The van der Waals surface area contributed by atoms with E-state index in [0.29, 0.717) is 31.1 Å². The lowest BCUT2D eigenvalue weighted by atomic mass is 9.83. The van der Waals surface area contributed by atoms with Gasteiger partial charge in [0.1, 0.15) is 0 Å². The van der Waals surface area contributed by atoms with Gasteiger partial charge >= 0.3 is 21.3 Å². The molecule has 2 aliphatic carbocycles. The van der Waals surface area contributed by atoms with E-state index < -0.39 is 33.5 Å². The van der Waals surface area contributed by atoms with Gasteiger partial charge in [0.05, 0.1) is 12.2 Å². The Hall–Kier alpha value is -0.800. The number of hydrogen-bond acceptors (Lipinski definition) is 5. The van der Waals surface area contributed by atoms with Gasteiger partial charge in [-0.05, 0) is 43.9 Å². The zero-order chi connectivity index (χ0) is 17.3. The molecule has 23 heavy (non-hydrogen) atoms. The molecule has 0 bridgehead atoms. The standard InChI is InChI=1S/C14H22F2O6S/c15-14(16,23(19,20)21)12(17)22-7-3-6-13(18)5-2-1-4-10-8-11(10)9-13/h10-11,18H,1-9H2,(H,19,20,21). The first-order valence-corrected chi connectivity index (χ1v) is 9.24. The Balaban J connectivity index is 1.77. The highest BCUT2D eigenvalue weighted by molar-refractivity contribution is 7.87. The molecule has 2 rings (SSSR count). The lowest BCUT2D eigenvalue weighted by Gasteiger charge is -2.30. The third kappa shape index (κ3) is 4.60. The predicted octanol–water partition coefficient (Wildman–Crippen LogP) is 2.12. The van der Waals surface area contributed by atoms with Gasteiger partial charge in [-0.25, -0.2) is 4.79 Å². The molecule has 6 nitrogen and oxygen atoms in total. The van der Waals surface area contributed by atoms with Crippen molar-refractivity contribution in [2.75, 3.05) is 6.61 Å². The second kappa shape index (κ2) is 6.60. The van der Waals surface area contributed by atoms with E-state index in [9.17, 15) is 27.1 Å². The number of rotatable bonds is 6. The third-order valence-corrected chi connectivity index (χ3v) is 5.57. The normalized spacial score (nSPS) is 31.7. The molecule has 0 spiro atoms. The van der Waals surface area contributed by atoms with E-state index in [-0.39, 0.29) is 6.42 Å². The number of alkyl halides is 2. The molecule has 0 heterocycles. The van der Waals surface area contributed by atoms with Gasteiger partial charge in [0, 0.05) is 0 Å². The summed E-state index contributed by atoms with van der Waals surface area (Å²) in [6, 6.07) is 0. The Bertz CT molecular complexity index is 549. The van der Waals surface area contributed by atoms with E-state index in [1.54, 1.807) is 0 Å². The number of ether oxygens (including phenoxy) is 1. The largest absolute Gasteiger partial charge is 0.465 e. The van der Waals surface area contributed by atoms with Gasteiger partial charge in [0.15, 0.2) is 0 Å². The summed E-state index contributed by atoms with van der Waals surface area (Å²) in [4.78, 5) is 11.0. The highest BCUT2D eigenvalue weighted by Gasteiger charge is 2.54. The van der Waals surface area contributed by atoms with Crippen molar-refractivity contribution in [1.82, 2.24) is 0 Å². The Labute approximate surface area is 134 Å². The van der Waals surface area contributed by atoms with Crippen LogP contribution in [-0.4, -0.2) is 41.5 Å². The van der Waals surface area contributed by atoms with Crippen LogP contribution in [0.1, 0.15) is 51.4 Å². The van der Waals surface area contributed by atoms with Crippen molar-refractivity contribution in [1.29, 1.82) is 0 Å². The highest BCUT2D eigenvalue weighted by atomic mass is 32.2. The van der Waals surface area contributed by atoms with Crippen LogP contribution < -0.4 is 0 Å². The molecule has 3 unspecified atom stereocenters. The molecule has 2 N–H and O–H groups in total. The Kier molecular flexibility index (Phi) is 5.32. The molecule has 0 aromatic carbocycles. The number of hydrogen-bond donors (Lipinski definition) is 2. The summed E-state index contributed by atoms with van der Waals surface area (Å²) in [5, 5.41) is 5.64. The van der Waals surface area contributed by atoms with Crippen molar-refractivity contribution in [3.63, 3.8) is 0 Å². The minimum Gasteiger partial charge on any atom is -0.460 e. The van der Waals surface area contributed by atoms with Gasteiger partial charge < -0.3 is 9.84 Å². The fraction of sp³-hybridized carbons (Fsp3) is 0.929. The molecule has 3 atom stereocenters. The quantitative estimate of drug-likeness (QED) is 0.429. The van der Waals surface area contributed by atoms with Crippen LogP contribution in [0.15, 0.2) is 0 Å². The Morgan fingerprint density at radius 1 is 1.30 bits per heavy atom. The summed E-state index contributed by atoms with van der Waals surface area (Å²) in [6.07, 6.45) is 6.06. The van der Waals surface area contributed by atoms with E-state index >= 15 is 0 Å². The van der Waals surface area contributed by atoms with Gasteiger partial charge in [0.25, 0.3) is 0 Å². The first-order valence-electron chi connectivity index (χ1n) is 7.80. The maximum Gasteiger partial charge on any atom is 0.465 e. The molecule has 0 saturated heterocycles. The van der Waals surface area contributed by atoms with Crippen LogP contribution in [0.25, 0.3) is 0 Å². The predicted molar refractivity (Wildman–Crippen MR) is 76.3 cm³/mol. The average Bonchev–Trinajstić information content (AvgIpc) is 3.13. The summed E-state index contributed by atoms with van der Waals surface area (Å²) in [5.74, 6) is -1.09. The third-order valence-electron chi connectivity index (χ3n) is 4.76. The lowest BCUT2D eigenvalue weighted by Crippen LogP contribution is -2.39. The van der Waals surface area contributed by atoms with Gasteiger partial charge in [0.2, 0.25) is 0 Å². The molecule has 134 valence electrons. The van der Waals surface area contributed by atoms with Crippen LogP contribution in [0.4, 0.5) is 8.78 Å². The first kappa shape index (κ1) is 18.5. The van der Waals surface area contributed by atoms with Crippen molar-refractivity contribution in [2.24, 2.45) is 11.8 Å². The van der Waals surface area contributed by atoms with Crippen LogP contribution in [0.2, 0.25) is 0 Å². The van der Waals surface area contributed by atoms with Crippen LogP contribution in [0.3, 0.4) is 0 Å². The first-order chi connectivity index (χ1) is 10.6. The second-order valence-corrected chi connectivity index (χ2v) is 8.12. The minimum atomic E-state index is -5.84. The maximum atomic E-state index is 13.0. The molecule has 2 saturated carbocycles. The molecule has 0 aromatic heterocycles. The van der Waals surface area contributed by atoms with Crippen molar-refractivity contribution in [3.05, 3.63) is 0 Å². The fourth-order valence-corrected chi connectivity index (χ4v) is 3.62. The smallest absolute Gasteiger partial charge is 0.460 e. The number of halogens is 2. The molecule has 0 radical (unpaired) electrons. The Morgan fingerprint density at radius 3 is 2.65 bits per heavy atom. The van der Waals surface area contributed by atoms with Crippen molar-refractivity contribution < 1.29 is 36.4 Å². The molecular weight excluding hydrogens is 334 g/mol. The summed E-state index contributed by atoms with van der Waals surface area (Å²) < 4.78 is 59.3. The van der Waals surface area contributed by atoms with Crippen molar-refractivity contribution in [2.45, 2.75) is 62.2 Å². The number of carbonyl (C=O) groups is 1. The van der Waals surface area contributed by atoms with Gasteiger partial charge in [-0.2, -0.15) is 17.2 Å². The van der Waals surface area contributed by atoms with Gasteiger partial charge in [-0.1, -0.05) is 19.3 Å². The molecule has 0 amide bonds. The zero-order valence-electron chi connectivity index (χ0n) is 12.7. The van der Waals surface area contributed by atoms with Gasteiger partial charge in [-0.15, -0.1) is 0 Å². The van der Waals surface area contributed by atoms with Gasteiger partial charge in [-0.3, -0.25) is 4.55 Å². The summed E-state index contributed by atoms with van der Waals surface area (Å²) in [5.41, 5.74) is -0.877. The zero-order valence-corrected chi connectivity index (χ0v) is 13.5. The van der Waals surface area contributed by atoms with E-state index in [4.69, 9.17) is 4.55 Å². The molecule has 0 aliphatic heterocycles. The monoisotopic (exact) mass is 356 g/mol. The molecule has 2 fully saturated rings. The van der Waals surface area contributed by atoms with Crippen LogP contribution in [-0.2, 0) is 19.6 Å². The number of esters is 1. The second-order valence-electron chi connectivity index (χ2n) is 6.66. The maximum absolute atomic E-state index is 13.0. The summed E-state index contributed by atoms with van der Waals surface area (Å²) in [6.45, 7) is -0.430. The lowest BCUT2D eigenvalue weighted by molar-refractivity contribution is -0.162. The molecule has 9 heteroatoms. The number of carbonyl (C=O) groups excluding carboxylic acids is 1. The average molecular weight is 356 g/mol. The number of aliphatic hydroxyl groups is 1. The van der Waals surface area contributed by atoms with Crippen LogP contribution in [0, 0.1) is 11.8 Å². The van der Waals surface area contributed by atoms with E-state index in [1.807, 2.05) is 0 Å². The highest BCUT2D eigenvalue weighted by Crippen LogP contribution is 2.50. The summed E-state index contributed by atoms with van der Waals surface area (Å²) >= 11 is 0. The minimum absolute atomic E-state index is 0.154. The van der Waals surface area contributed by atoms with E-state index in [1.165, 1.54) is 6.42 Å². The van der Waals surface area contributed by atoms with Crippen molar-refractivity contribution >= 4 is 16.1 Å². The van der Waals surface area contributed by atoms with Crippen LogP contribution in [0.5, 0.6) is 0 Å². The van der Waals surface area contributed by atoms with Crippen molar-refractivity contribution in [3.8, 4) is 0 Å². The Morgan fingerprint density at radius 2 is 2.00 bits per heavy atom. The van der Waals surface area contributed by atoms with Crippen LogP contribution >= 0.6 is 0 Å². The number of fused-ring (bicyclic) bond motifs is 1. The molecule has 2 aliphatic rings. The van der Waals surface area contributed by atoms with E-state index in [2.05, 4.69) is 4.74 Å². The SMILES string of the molecule is O=C(OCCCC1(O)CCCCC2CC2C1)C(F)(F)S(=O)(=O)O. The van der Waals surface area contributed by atoms with E-state index in [0.717, 1.165) is 19.3 Å².